The maximum absolute atomic E-state index is 11.9. The molecule has 0 unspecified atom stereocenters. The van der Waals surface area contributed by atoms with Crippen molar-refractivity contribution in [3.8, 4) is 0 Å². The summed E-state index contributed by atoms with van der Waals surface area (Å²) in [4.78, 5) is 10.5. The predicted molar refractivity (Wildman–Crippen MR) is 70.9 cm³/mol. The number of rotatable bonds is 6. The Morgan fingerprint density at radius 2 is 2.11 bits per heavy atom. The standard InChI is InChI=1S/C11H14BrNO4S/c1-8-7-9(4-5-10(8)12)18(16,17)13-6-2-3-11(14)15/h4-5,7,13H,2-3,6H2,1H3,(H,14,15). The van der Waals surface area contributed by atoms with Gasteiger partial charge in [0, 0.05) is 17.4 Å². The zero-order chi connectivity index (χ0) is 13.8. The number of aliphatic carboxylic acids is 1. The van der Waals surface area contributed by atoms with Crippen molar-refractivity contribution in [2.45, 2.75) is 24.7 Å². The fourth-order valence-electron chi connectivity index (χ4n) is 1.31. The first-order chi connectivity index (χ1) is 8.33. The number of halogens is 1. The highest BCUT2D eigenvalue weighted by Gasteiger charge is 2.14. The lowest BCUT2D eigenvalue weighted by molar-refractivity contribution is -0.137. The van der Waals surface area contributed by atoms with Gasteiger partial charge in [0.25, 0.3) is 0 Å². The van der Waals surface area contributed by atoms with Gasteiger partial charge in [-0.3, -0.25) is 4.79 Å². The minimum Gasteiger partial charge on any atom is -0.481 e. The van der Waals surface area contributed by atoms with E-state index in [4.69, 9.17) is 5.11 Å². The molecule has 0 aliphatic carbocycles. The van der Waals surface area contributed by atoms with Crippen molar-refractivity contribution in [2.24, 2.45) is 0 Å². The number of nitrogens with one attached hydrogen (secondary N) is 1. The van der Waals surface area contributed by atoms with Crippen LogP contribution in [0.25, 0.3) is 0 Å². The Morgan fingerprint density at radius 3 is 2.67 bits per heavy atom. The number of benzene rings is 1. The quantitative estimate of drug-likeness (QED) is 0.777. The van der Waals surface area contributed by atoms with Gasteiger partial charge in [-0.05, 0) is 37.1 Å². The van der Waals surface area contributed by atoms with Crippen LogP contribution in [0.5, 0.6) is 0 Å². The van der Waals surface area contributed by atoms with Gasteiger partial charge in [-0.15, -0.1) is 0 Å². The zero-order valence-corrected chi connectivity index (χ0v) is 12.2. The molecule has 1 aromatic rings. The fourth-order valence-corrected chi connectivity index (χ4v) is 2.72. The van der Waals surface area contributed by atoms with E-state index in [0.29, 0.717) is 0 Å². The summed E-state index contributed by atoms with van der Waals surface area (Å²) in [7, 11) is -3.56. The minimum absolute atomic E-state index is 0.0537. The van der Waals surface area contributed by atoms with Gasteiger partial charge in [-0.1, -0.05) is 15.9 Å². The fraction of sp³-hybridized carbons (Fsp3) is 0.364. The lowest BCUT2D eigenvalue weighted by Crippen LogP contribution is -2.25. The van der Waals surface area contributed by atoms with Gasteiger partial charge in [-0.25, -0.2) is 13.1 Å². The lowest BCUT2D eigenvalue weighted by atomic mass is 10.2. The molecule has 0 spiro atoms. The summed E-state index contributed by atoms with van der Waals surface area (Å²) in [6, 6.07) is 4.72. The Hall–Kier alpha value is -0.920. The number of aryl methyl sites for hydroxylation is 1. The van der Waals surface area contributed by atoms with Gasteiger partial charge in [0.15, 0.2) is 0 Å². The molecule has 2 N–H and O–H groups in total. The van der Waals surface area contributed by atoms with Crippen LogP contribution in [-0.4, -0.2) is 26.0 Å². The van der Waals surface area contributed by atoms with E-state index in [0.717, 1.165) is 10.0 Å². The van der Waals surface area contributed by atoms with Crippen LogP contribution in [0.4, 0.5) is 0 Å². The molecule has 0 saturated heterocycles. The van der Waals surface area contributed by atoms with E-state index in [1.54, 1.807) is 19.1 Å². The molecular weight excluding hydrogens is 322 g/mol. The molecule has 0 aliphatic heterocycles. The largest absolute Gasteiger partial charge is 0.481 e. The van der Waals surface area contributed by atoms with E-state index < -0.39 is 16.0 Å². The van der Waals surface area contributed by atoms with Gasteiger partial charge in [0.2, 0.25) is 10.0 Å². The number of hydrogen-bond acceptors (Lipinski definition) is 3. The number of carbonyl (C=O) groups is 1. The number of hydrogen-bond donors (Lipinski definition) is 2. The summed E-state index contributed by atoms with van der Waals surface area (Å²) in [6.07, 6.45) is 0.214. The molecule has 0 bridgehead atoms. The second-order valence-corrected chi connectivity index (χ2v) is 6.43. The Kier molecular flexibility index (Phi) is 5.30. The molecule has 0 atom stereocenters. The van der Waals surface area contributed by atoms with Gasteiger partial charge >= 0.3 is 5.97 Å². The molecule has 18 heavy (non-hydrogen) atoms. The van der Waals surface area contributed by atoms with E-state index in [2.05, 4.69) is 20.7 Å². The van der Waals surface area contributed by atoms with E-state index >= 15 is 0 Å². The van der Waals surface area contributed by atoms with Gasteiger partial charge in [-0.2, -0.15) is 0 Å². The van der Waals surface area contributed by atoms with Crippen LogP contribution in [0.1, 0.15) is 18.4 Å². The maximum Gasteiger partial charge on any atom is 0.303 e. The van der Waals surface area contributed by atoms with Crippen molar-refractivity contribution in [1.82, 2.24) is 4.72 Å². The Labute approximate surface area is 114 Å². The lowest BCUT2D eigenvalue weighted by Gasteiger charge is -2.07. The highest BCUT2D eigenvalue weighted by Crippen LogP contribution is 2.19. The zero-order valence-electron chi connectivity index (χ0n) is 9.81. The molecule has 0 radical (unpaired) electrons. The number of carboxylic acids is 1. The summed E-state index contributed by atoms with van der Waals surface area (Å²) >= 11 is 3.30. The first kappa shape index (κ1) is 15.1. The van der Waals surface area contributed by atoms with Crippen molar-refractivity contribution in [3.05, 3.63) is 28.2 Å². The predicted octanol–water partition coefficient (Wildman–Crippen LogP) is 1.90. The Balaban J connectivity index is 2.68. The van der Waals surface area contributed by atoms with Crippen LogP contribution in [0, 0.1) is 6.92 Å². The molecule has 7 heteroatoms. The Morgan fingerprint density at radius 1 is 1.44 bits per heavy atom. The third kappa shape index (κ3) is 4.40. The summed E-state index contributed by atoms with van der Waals surface area (Å²) in [5.41, 5.74) is 0.823. The van der Waals surface area contributed by atoms with E-state index in [9.17, 15) is 13.2 Å². The first-order valence-electron chi connectivity index (χ1n) is 5.30. The van der Waals surface area contributed by atoms with Crippen molar-refractivity contribution in [1.29, 1.82) is 0 Å². The van der Waals surface area contributed by atoms with Crippen molar-refractivity contribution in [2.75, 3.05) is 6.54 Å². The summed E-state index contributed by atoms with van der Waals surface area (Å²) in [6.45, 7) is 1.91. The van der Waals surface area contributed by atoms with Crippen molar-refractivity contribution >= 4 is 31.9 Å². The SMILES string of the molecule is Cc1cc(S(=O)(=O)NCCCC(=O)O)ccc1Br. The first-order valence-corrected chi connectivity index (χ1v) is 7.58. The molecule has 0 aliphatic rings. The molecular formula is C11H14BrNO4S. The van der Waals surface area contributed by atoms with Gasteiger partial charge in [0.1, 0.15) is 0 Å². The van der Waals surface area contributed by atoms with E-state index in [1.165, 1.54) is 6.07 Å². The van der Waals surface area contributed by atoms with Crippen molar-refractivity contribution in [3.63, 3.8) is 0 Å². The highest BCUT2D eigenvalue weighted by molar-refractivity contribution is 9.10. The van der Waals surface area contributed by atoms with Crippen LogP contribution in [0.15, 0.2) is 27.6 Å². The average Bonchev–Trinajstić information content (AvgIpc) is 2.28. The smallest absolute Gasteiger partial charge is 0.303 e. The van der Waals surface area contributed by atoms with Crippen molar-refractivity contribution < 1.29 is 18.3 Å². The summed E-state index contributed by atoms with van der Waals surface area (Å²) < 4.78 is 26.9. The van der Waals surface area contributed by atoms with Gasteiger partial charge in [0.05, 0.1) is 4.90 Å². The monoisotopic (exact) mass is 335 g/mol. The number of sulfonamides is 1. The molecule has 1 rings (SSSR count). The number of carboxylic acid groups (broad SMARTS) is 1. The normalized spacial score (nSPS) is 11.4. The maximum atomic E-state index is 11.9. The Bertz CT molecular complexity index is 542. The van der Waals surface area contributed by atoms with Crippen LogP contribution < -0.4 is 4.72 Å². The summed E-state index contributed by atoms with van der Waals surface area (Å²) in [5.74, 6) is -0.936. The average molecular weight is 336 g/mol. The summed E-state index contributed by atoms with van der Waals surface area (Å²) in [5, 5.41) is 8.44. The second-order valence-electron chi connectivity index (χ2n) is 3.81. The van der Waals surface area contributed by atoms with Crippen LogP contribution in [0.3, 0.4) is 0 Å². The van der Waals surface area contributed by atoms with Crippen LogP contribution in [0.2, 0.25) is 0 Å². The highest BCUT2D eigenvalue weighted by atomic mass is 79.9. The van der Waals surface area contributed by atoms with Gasteiger partial charge < -0.3 is 5.11 Å². The molecule has 0 fully saturated rings. The molecule has 0 amide bonds. The molecule has 1 aromatic carbocycles. The molecule has 0 heterocycles. The van der Waals surface area contributed by atoms with E-state index in [1.807, 2.05) is 0 Å². The molecule has 0 aromatic heterocycles. The topological polar surface area (TPSA) is 83.5 Å². The molecule has 5 nitrogen and oxygen atoms in total. The van der Waals surface area contributed by atoms with E-state index in [-0.39, 0.29) is 24.3 Å². The molecule has 100 valence electrons. The van der Waals surface area contributed by atoms with Crippen LogP contribution >= 0.6 is 15.9 Å². The van der Waals surface area contributed by atoms with Crippen LogP contribution in [-0.2, 0) is 14.8 Å². The molecule has 0 saturated carbocycles. The third-order valence-corrected chi connectivity index (χ3v) is 4.65. The third-order valence-electron chi connectivity index (χ3n) is 2.30. The second kappa shape index (κ2) is 6.31. The minimum atomic E-state index is -3.56.